The summed E-state index contributed by atoms with van der Waals surface area (Å²) < 4.78 is 4.99. The molecular weight excluding hydrogens is 342 g/mol. The number of nitro benzene ring substituents is 1. The highest BCUT2D eigenvalue weighted by atomic mass is 16.6. The standard InChI is InChI=1S/C17H11N3O6/c21-15(10-4-2-1-3-5-10)18-19-16(22)13-9-11-8-12(20(24)25)6-7-14(11)26-17(13)23/h1-9H,(H,18,21)(H,19,22). The van der Waals surface area contributed by atoms with Crippen LogP contribution in [0.25, 0.3) is 11.0 Å². The number of nitro groups is 1. The van der Waals surface area contributed by atoms with Crippen LogP contribution in [0.5, 0.6) is 0 Å². The summed E-state index contributed by atoms with van der Waals surface area (Å²) in [4.78, 5) is 46.2. The molecule has 2 amide bonds. The number of fused-ring (bicyclic) bond motifs is 1. The van der Waals surface area contributed by atoms with Crippen molar-refractivity contribution in [3.63, 3.8) is 0 Å². The van der Waals surface area contributed by atoms with Crippen LogP contribution in [0.4, 0.5) is 5.69 Å². The zero-order valence-electron chi connectivity index (χ0n) is 13.1. The molecule has 0 aliphatic rings. The Kier molecular flexibility index (Phi) is 4.44. The minimum absolute atomic E-state index is 0.102. The largest absolute Gasteiger partial charge is 0.422 e. The third-order valence-electron chi connectivity index (χ3n) is 3.50. The average molecular weight is 353 g/mol. The molecule has 0 radical (unpaired) electrons. The molecule has 3 rings (SSSR count). The first-order chi connectivity index (χ1) is 12.5. The van der Waals surface area contributed by atoms with Crippen LogP contribution in [0.1, 0.15) is 20.7 Å². The Morgan fingerprint density at radius 1 is 0.962 bits per heavy atom. The second-order valence-electron chi connectivity index (χ2n) is 5.20. The quantitative estimate of drug-likeness (QED) is 0.419. The van der Waals surface area contributed by atoms with Gasteiger partial charge in [0.15, 0.2) is 0 Å². The van der Waals surface area contributed by atoms with Gasteiger partial charge in [0.2, 0.25) is 0 Å². The average Bonchev–Trinajstić information content (AvgIpc) is 2.65. The highest BCUT2D eigenvalue weighted by molar-refractivity contribution is 6.00. The van der Waals surface area contributed by atoms with E-state index in [4.69, 9.17) is 4.42 Å². The minimum Gasteiger partial charge on any atom is -0.422 e. The van der Waals surface area contributed by atoms with Gasteiger partial charge in [-0.2, -0.15) is 0 Å². The van der Waals surface area contributed by atoms with Gasteiger partial charge >= 0.3 is 5.63 Å². The molecule has 3 aromatic rings. The molecule has 0 saturated carbocycles. The molecule has 9 nitrogen and oxygen atoms in total. The van der Waals surface area contributed by atoms with Gasteiger partial charge < -0.3 is 4.42 Å². The summed E-state index contributed by atoms with van der Waals surface area (Å²) in [5.74, 6) is -1.48. The number of nitrogens with one attached hydrogen (secondary N) is 2. The SMILES string of the molecule is O=C(NNC(=O)c1cc2cc([N+](=O)[O-])ccc2oc1=O)c1ccccc1. The molecule has 2 N–H and O–H groups in total. The van der Waals surface area contributed by atoms with E-state index in [1.54, 1.807) is 30.3 Å². The maximum Gasteiger partial charge on any atom is 0.349 e. The number of carbonyl (C=O) groups is 2. The topological polar surface area (TPSA) is 132 Å². The van der Waals surface area contributed by atoms with Crippen molar-refractivity contribution < 1.29 is 18.9 Å². The van der Waals surface area contributed by atoms with Gasteiger partial charge in [-0.15, -0.1) is 0 Å². The third kappa shape index (κ3) is 3.41. The van der Waals surface area contributed by atoms with Crippen molar-refractivity contribution in [1.29, 1.82) is 0 Å². The summed E-state index contributed by atoms with van der Waals surface area (Å²) in [5.41, 5.74) is 3.16. The number of amides is 2. The Hall–Kier alpha value is -4.01. The summed E-state index contributed by atoms with van der Waals surface area (Å²) in [6, 6.07) is 12.9. The first-order valence-corrected chi connectivity index (χ1v) is 7.34. The van der Waals surface area contributed by atoms with E-state index in [-0.39, 0.29) is 16.7 Å². The molecule has 0 fully saturated rings. The van der Waals surface area contributed by atoms with Crippen molar-refractivity contribution in [3.8, 4) is 0 Å². The van der Waals surface area contributed by atoms with Crippen molar-refractivity contribution >= 4 is 28.5 Å². The van der Waals surface area contributed by atoms with E-state index in [1.165, 1.54) is 18.2 Å². The van der Waals surface area contributed by atoms with Gasteiger partial charge in [-0.25, -0.2) is 4.79 Å². The molecule has 0 aliphatic heterocycles. The van der Waals surface area contributed by atoms with Crippen LogP contribution in [-0.4, -0.2) is 16.7 Å². The number of benzene rings is 2. The summed E-state index contributed by atoms with van der Waals surface area (Å²) in [5, 5.41) is 11.0. The third-order valence-corrected chi connectivity index (χ3v) is 3.50. The molecule has 0 saturated heterocycles. The van der Waals surface area contributed by atoms with E-state index < -0.39 is 27.9 Å². The van der Waals surface area contributed by atoms with Crippen LogP contribution in [0.3, 0.4) is 0 Å². The van der Waals surface area contributed by atoms with Gasteiger partial charge in [-0.05, 0) is 24.3 Å². The number of carbonyl (C=O) groups excluding carboxylic acids is 2. The zero-order chi connectivity index (χ0) is 18.7. The number of rotatable bonds is 3. The van der Waals surface area contributed by atoms with Crippen molar-refractivity contribution in [2.24, 2.45) is 0 Å². The maximum absolute atomic E-state index is 12.1. The fourth-order valence-electron chi connectivity index (χ4n) is 2.23. The van der Waals surface area contributed by atoms with Gasteiger partial charge in [0.1, 0.15) is 11.1 Å². The van der Waals surface area contributed by atoms with Crippen LogP contribution >= 0.6 is 0 Å². The molecule has 0 aliphatic carbocycles. The number of hydrazine groups is 1. The van der Waals surface area contributed by atoms with Crippen LogP contribution < -0.4 is 16.5 Å². The Morgan fingerprint density at radius 3 is 2.35 bits per heavy atom. The fourth-order valence-corrected chi connectivity index (χ4v) is 2.23. The van der Waals surface area contributed by atoms with E-state index in [9.17, 15) is 24.5 Å². The molecule has 130 valence electrons. The van der Waals surface area contributed by atoms with Gasteiger partial charge in [-0.3, -0.25) is 30.6 Å². The van der Waals surface area contributed by atoms with E-state index in [2.05, 4.69) is 10.9 Å². The van der Waals surface area contributed by atoms with Crippen LogP contribution in [0, 0.1) is 10.1 Å². The lowest BCUT2D eigenvalue weighted by Crippen LogP contribution is -2.43. The van der Waals surface area contributed by atoms with Gasteiger partial charge in [0.25, 0.3) is 17.5 Å². The first-order valence-electron chi connectivity index (χ1n) is 7.34. The molecule has 1 aromatic heterocycles. The minimum atomic E-state index is -0.933. The Balaban J connectivity index is 1.83. The normalized spacial score (nSPS) is 10.3. The van der Waals surface area contributed by atoms with Crippen molar-refractivity contribution in [2.45, 2.75) is 0 Å². The second kappa shape index (κ2) is 6.85. The number of non-ortho nitro benzene ring substituents is 1. The van der Waals surface area contributed by atoms with E-state index in [0.29, 0.717) is 5.56 Å². The zero-order valence-corrected chi connectivity index (χ0v) is 13.1. The highest BCUT2D eigenvalue weighted by Gasteiger charge is 2.16. The maximum atomic E-state index is 12.1. The first kappa shape index (κ1) is 16.8. The van der Waals surface area contributed by atoms with Gasteiger partial charge in [-0.1, -0.05) is 18.2 Å². The van der Waals surface area contributed by atoms with Gasteiger partial charge in [0, 0.05) is 23.1 Å². The summed E-state index contributed by atoms with van der Waals surface area (Å²) in [6.07, 6.45) is 0. The van der Waals surface area contributed by atoms with E-state index in [0.717, 1.165) is 6.07 Å². The molecule has 0 bridgehead atoms. The number of nitrogens with zero attached hydrogens (tertiary/aromatic N) is 1. The van der Waals surface area contributed by atoms with E-state index >= 15 is 0 Å². The van der Waals surface area contributed by atoms with Crippen molar-refractivity contribution in [1.82, 2.24) is 10.9 Å². The molecule has 0 atom stereocenters. The summed E-state index contributed by atoms with van der Waals surface area (Å²) >= 11 is 0. The molecule has 1 heterocycles. The number of hydrogen-bond acceptors (Lipinski definition) is 6. The summed E-state index contributed by atoms with van der Waals surface area (Å²) in [6.45, 7) is 0. The van der Waals surface area contributed by atoms with E-state index in [1.807, 2.05) is 0 Å². The Bertz CT molecular complexity index is 1070. The predicted molar refractivity (Wildman–Crippen MR) is 90.5 cm³/mol. The molecule has 9 heteroatoms. The van der Waals surface area contributed by atoms with Crippen molar-refractivity contribution in [2.75, 3.05) is 0 Å². The lowest BCUT2D eigenvalue weighted by atomic mass is 10.1. The van der Waals surface area contributed by atoms with Crippen molar-refractivity contribution in [3.05, 3.63) is 86.3 Å². The lowest BCUT2D eigenvalue weighted by Gasteiger charge is -2.07. The molecule has 0 spiro atoms. The summed E-state index contributed by atoms with van der Waals surface area (Å²) in [7, 11) is 0. The predicted octanol–water partition coefficient (Wildman–Crippen LogP) is 1.78. The van der Waals surface area contributed by atoms with Crippen LogP contribution in [0.15, 0.2) is 63.8 Å². The smallest absolute Gasteiger partial charge is 0.349 e. The monoisotopic (exact) mass is 353 g/mol. The second-order valence-corrected chi connectivity index (χ2v) is 5.20. The Morgan fingerprint density at radius 2 is 1.65 bits per heavy atom. The molecular formula is C17H11N3O6. The van der Waals surface area contributed by atoms with Crippen LogP contribution in [0.2, 0.25) is 0 Å². The lowest BCUT2D eigenvalue weighted by molar-refractivity contribution is -0.384. The Labute approximate surface area is 145 Å². The molecule has 0 unspecified atom stereocenters. The fraction of sp³-hybridized carbons (Fsp3) is 0. The van der Waals surface area contributed by atoms with Gasteiger partial charge in [0.05, 0.1) is 4.92 Å². The molecule has 26 heavy (non-hydrogen) atoms. The highest BCUT2D eigenvalue weighted by Crippen LogP contribution is 2.20. The molecule has 2 aromatic carbocycles. The van der Waals surface area contributed by atoms with Crippen LogP contribution in [-0.2, 0) is 0 Å². The number of hydrogen-bond donors (Lipinski definition) is 2.